The van der Waals surface area contributed by atoms with Crippen LogP contribution in [0, 0.1) is 18.8 Å². The van der Waals surface area contributed by atoms with Gasteiger partial charge in [-0.1, -0.05) is 37.5 Å². The van der Waals surface area contributed by atoms with Crippen LogP contribution in [0.5, 0.6) is 0 Å². The molecule has 3 aromatic rings. The van der Waals surface area contributed by atoms with Crippen LogP contribution in [0.1, 0.15) is 69.4 Å². The van der Waals surface area contributed by atoms with Crippen LogP contribution < -0.4 is 0 Å². The number of hydrogen-bond acceptors (Lipinski definition) is 2. The molecule has 5 unspecified atom stereocenters. The van der Waals surface area contributed by atoms with Crippen molar-refractivity contribution in [2.45, 2.75) is 82.2 Å². The van der Waals surface area contributed by atoms with Gasteiger partial charge in [0.2, 0.25) is 0 Å². The second-order valence-electron chi connectivity index (χ2n) is 11.1. The number of hydrogen-bond donors (Lipinski definition) is 0. The van der Waals surface area contributed by atoms with E-state index in [1.54, 1.807) is 5.56 Å². The number of furan rings is 1. The molecule has 5 fully saturated rings. The molecule has 2 nitrogen and oxygen atoms in total. The molecule has 2 heteroatoms. The van der Waals surface area contributed by atoms with E-state index in [-0.39, 0.29) is 0 Å². The molecule has 5 atom stereocenters. The Morgan fingerprint density at radius 1 is 0.967 bits per heavy atom. The molecule has 2 aromatic carbocycles. The Hall–Kier alpha value is -1.80. The number of piperidine rings is 3. The van der Waals surface area contributed by atoms with Crippen molar-refractivity contribution in [1.82, 2.24) is 4.90 Å². The van der Waals surface area contributed by atoms with Gasteiger partial charge in [0.1, 0.15) is 11.2 Å². The highest BCUT2D eigenvalue weighted by Gasteiger charge is 2.64. The Kier molecular flexibility index (Phi) is 3.51. The van der Waals surface area contributed by atoms with Crippen molar-refractivity contribution in [3.05, 3.63) is 47.5 Å². The lowest BCUT2D eigenvalue weighted by Crippen LogP contribution is -2.75. The van der Waals surface area contributed by atoms with Crippen LogP contribution in [0.3, 0.4) is 0 Å². The zero-order chi connectivity index (χ0) is 20.1. The molecule has 156 valence electrons. The first kappa shape index (κ1) is 17.8. The Morgan fingerprint density at radius 3 is 2.67 bits per heavy atom. The van der Waals surface area contributed by atoms with Crippen molar-refractivity contribution in [3.63, 3.8) is 0 Å². The molecule has 1 spiro atoms. The van der Waals surface area contributed by atoms with Crippen molar-refractivity contribution in [3.8, 4) is 0 Å². The minimum atomic E-state index is 0.325. The van der Waals surface area contributed by atoms with Crippen molar-refractivity contribution >= 4 is 21.9 Å². The molecule has 2 aliphatic carbocycles. The number of fused-ring (bicyclic) bond motifs is 3. The second kappa shape index (κ2) is 5.91. The zero-order valence-electron chi connectivity index (χ0n) is 18.4. The molecule has 0 N–H and O–H groups in total. The molecule has 1 aromatic heterocycles. The van der Waals surface area contributed by atoms with E-state index in [1.807, 2.05) is 0 Å². The van der Waals surface area contributed by atoms with Crippen LogP contribution in [0.25, 0.3) is 21.9 Å². The molecular formula is C28H33NO. The van der Waals surface area contributed by atoms with Gasteiger partial charge in [-0.05, 0) is 87.1 Å². The Morgan fingerprint density at radius 2 is 1.80 bits per heavy atom. The summed E-state index contributed by atoms with van der Waals surface area (Å²) in [5, 5.41) is 2.59. The molecule has 30 heavy (non-hydrogen) atoms. The van der Waals surface area contributed by atoms with Gasteiger partial charge in [0.25, 0.3) is 0 Å². The van der Waals surface area contributed by atoms with Gasteiger partial charge in [-0.25, -0.2) is 0 Å². The molecule has 4 bridgehead atoms. The van der Waals surface area contributed by atoms with E-state index < -0.39 is 0 Å². The monoisotopic (exact) mass is 399 g/mol. The molecule has 3 saturated heterocycles. The van der Waals surface area contributed by atoms with E-state index in [2.05, 4.69) is 55.1 Å². The molecule has 0 radical (unpaired) electrons. The highest BCUT2D eigenvalue weighted by Crippen LogP contribution is 2.64. The summed E-state index contributed by atoms with van der Waals surface area (Å²) < 4.78 is 6.21. The van der Waals surface area contributed by atoms with Crippen molar-refractivity contribution in [2.75, 3.05) is 6.54 Å². The third-order valence-corrected chi connectivity index (χ3v) is 9.91. The molecule has 8 rings (SSSR count). The van der Waals surface area contributed by atoms with Gasteiger partial charge in [-0.15, -0.1) is 0 Å². The highest BCUT2D eigenvalue weighted by atomic mass is 16.3. The maximum atomic E-state index is 6.21. The van der Waals surface area contributed by atoms with Gasteiger partial charge in [-0.2, -0.15) is 0 Å². The summed E-state index contributed by atoms with van der Waals surface area (Å²) in [5.41, 5.74) is 5.99. The number of nitrogens with zero attached hydrogens (tertiary/aromatic N) is 1. The van der Waals surface area contributed by atoms with Crippen LogP contribution in [-0.2, 0) is 5.41 Å². The predicted octanol–water partition coefficient (Wildman–Crippen LogP) is 6.97. The number of benzene rings is 2. The first-order valence-corrected chi connectivity index (χ1v) is 12.3. The first-order chi connectivity index (χ1) is 14.6. The number of aryl methyl sites for hydroxylation is 1. The van der Waals surface area contributed by atoms with Gasteiger partial charge in [-0.3, -0.25) is 4.90 Å². The third-order valence-electron chi connectivity index (χ3n) is 9.91. The number of para-hydroxylation sites is 1. The van der Waals surface area contributed by atoms with Gasteiger partial charge in [0, 0.05) is 34.3 Å². The topological polar surface area (TPSA) is 16.4 Å². The fourth-order valence-electron chi connectivity index (χ4n) is 8.75. The fraction of sp³-hybridized carbons (Fsp3) is 0.571. The molecular weight excluding hydrogens is 366 g/mol. The number of rotatable bonds is 1. The lowest BCUT2D eigenvalue weighted by atomic mass is 9.47. The van der Waals surface area contributed by atoms with Gasteiger partial charge >= 0.3 is 0 Å². The van der Waals surface area contributed by atoms with Crippen LogP contribution in [0.4, 0.5) is 0 Å². The third kappa shape index (κ3) is 2.09. The smallest absolute Gasteiger partial charge is 0.135 e. The van der Waals surface area contributed by atoms with Crippen molar-refractivity contribution < 1.29 is 4.42 Å². The van der Waals surface area contributed by atoms with E-state index >= 15 is 0 Å². The van der Waals surface area contributed by atoms with E-state index in [4.69, 9.17) is 4.42 Å². The van der Waals surface area contributed by atoms with E-state index in [1.165, 1.54) is 74.2 Å². The summed E-state index contributed by atoms with van der Waals surface area (Å²) in [5.74, 6) is 1.79. The largest absolute Gasteiger partial charge is 0.456 e. The maximum absolute atomic E-state index is 6.21. The van der Waals surface area contributed by atoms with Gasteiger partial charge in [0.05, 0.1) is 0 Å². The summed E-state index contributed by atoms with van der Waals surface area (Å²) in [6, 6.07) is 14.1. The van der Waals surface area contributed by atoms with E-state index in [9.17, 15) is 0 Å². The van der Waals surface area contributed by atoms with Crippen LogP contribution in [0.15, 0.2) is 40.8 Å². The normalized spacial score (nSPS) is 36.9. The average molecular weight is 400 g/mol. The SMILES string of the molecule is Cc1cc2oc3ccccc3c2cc1C12CC3CC(C1)C1(CCCCC1)N(C3)C2C. The van der Waals surface area contributed by atoms with Crippen LogP contribution >= 0.6 is 0 Å². The molecule has 5 aliphatic rings. The van der Waals surface area contributed by atoms with Gasteiger partial charge in [0.15, 0.2) is 0 Å². The summed E-state index contributed by atoms with van der Waals surface area (Å²) in [6.07, 6.45) is 11.5. The fourth-order valence-corrected chi connectivity index (χ4v) is 8.75. The summed E-state index contributed by atoms with van der Waals surface area (Å²) in [6.45, 7) is 6.26. The Labute approximate surface area is 179 Å². The van der Waals surface area contributed by atoms with Crippen molar-refractivity contribution in [2.24, 2.45) is 11.8 Å². The lowest BCUT2D eigenvalue weighted by Gasteiger charge is -2.71. The van der Waals surface area contributed by atoms with E-state index in [0.29, 0.717) is 17.0 Å². The minimum Gasteiger partial charge on any atom is -0.456 e. The Balaban J connectivity index is 1.41. The Bertz CT molecular complexity index is 1150. The minimum absolute atomic E-state index is 0.325. The average Bonchev–Trinajstić information content (AvgIpc) is 3.12. The van der Waals surface area contributed by atoms with E-state index in [0.717, 1.165) is 23.0 Å². The van der Waals surface area contributed by atoms with Crippen LogP contribution in [0.2, 0.25) is 0 Å². The molecule has 3 aliphatic heterocycles. The quantitative estimate of drug-likeness (QED) is 0.439. The second-order valence-corrected chi connectivity index (χ2v) is 11.1. The summed E-state index contributed by atoms with van der Waals surface area (Å²) in [7, 11) is 0. The predicted molar refractivity (Wildman–Crippen MR) is 123 cm³/mol. The summed E-state index contributed by atoms with van der Waals surface area (Å²) >= 11 is 0. The van der Waals surface area contributed by atoms with Crippen molar-refractivity contribution in [1.29, 1.82) is 0 Å². The van der Waals surface area contributed by atoms with Gasteiger partial charge < -0.3 is 4.42 Å². The first-order valence-electron chi connectivity index (χ1n) is 12.3. The molecule has 2 saturated carbocycles. The summed E-state index contributed by atoms with van der Waals surface area (Å²) in [4.78, 5) is 3.04. The zero-order valence-corrected chi connectivity index (χ0v) is 18.4. The molecule has 4 heterocycles. The standard InChI is InChI=1S/C28H33NO/c1-18-12-26-23(22-8-4-5-9-25(22)30-26)14-24(18)27-15-20-13-21(16-27)28(10-6-3-7-11-28)29(17-20)19(27)2/h4-5,8-9,12,14,19-21H,3,6-7,10-11,13,15-17H2,1-2H3. The van der Waals surface area contributed by atoms with Crippen LogP contribution in [-0.4, -0.2) is 23.0 Å². The highest BCUT2D eigenvalue weighted by molar-refractivity contribution is 6.05. The lowest BCUT2D eigenvalue weighted by molar-refractivity contribution is -0.182. The molecule has 0 amide bonds. The maximum Gasteiger partial charge on any atom is 0.135 e.